The number of rotatable bonds is 8. The van der Waals surface area contributed by atoms with Crippen molar-refractivity contribution in [3.05, 3.63) is 0 Å². The van der Waals surface area contributed by atoms with Crippen molar-refractivity contribution in [2.45, 2.75) is 52.5 Å². The van der Waals surface area contributed by atoms with Gasteiger partial charge in [0.1, 0.15) is 6.04 Å². The SMILES string of the molecule is CCCN(CC1CCNCC1)C(CC)C(=O)OCC. The fourth-order valence-corrected chi connectivity index (χ4v) is 2.87. The van der Waals surface area contributed by atoms with E-state index in [1.165, 1.54) is 12.8 Å². The summed E-state index contributed by atoms with van der Waals surface area (Å²) < 4.78 is 5.22. The molecule has 112 valence electrons. The molecule has 0 saturated carbocycles. The van der Waals surface area contributed by atoms with E-state index in [1.807, 2.05) is 6.92 Å². The lowest BCUT2D eigenvalue weighted by molar-refractivity contribution is -0.150. The summed E-state index contributed by atoms with van der Waals surface area (Å²) in [6.07, 6.45) is 4.36. The highest BCUT2D eigenvalue weighted by Crippen LogP contribution is 2.17. The molecule has 0 aromatic heterocycles. The number of hydrogen-bond acceptors (Lipinski definition) is 4. The monoisotopic (exact) mass is 270 g/mol. The van der Waals surface area contributed by atoms with Gasteiger partial charge in [-0.1, -0.05) is 13.8 Å². The highest BCUT2D eigenvalue weighted by molar-refractivity contribution is 5.75. The minimum Gasteiger partial charge on any atom is -0.465 e. The number of nitrogens with zero attached hydrogens (tertiary/aromatic N) is 1. The molecule has 1 fully saturated rings. The van der Waals surface area contributed by atoms with Crippen LogP contribution in [0.25, 0.3) is 0 Å². The second kappa shape index (κ2) is 9.32. The lowest BCUT2D eigenvalue weighted by Gasteiger charge is -2.34. The summed E-state index contributed by atoms with van der Waals surface area (Å²) in [6.45, 7) is 10.8. The van der Waals surface area contributed by atoms with Crippen molar-refractivity contribution in [1.29, 1.82) is 0 Å². The van der Waals surface area contributed by atoms with Crippen LogP contribution in [0.2, 0.25) is 0 Å². The Balaban J connectivity index is 2.58. The molecule has 1 saturated heterocycles. The third-order valence-corrected chi connectivity index (χ3v) is 3.85. The second-order valence-electron chi connectivity index (χ2n) is 5.36. The standard InChI is InChI=1S/C15H30N2O2/c1-4-11-17(12-13-7-9-16-10-8-13)14(5-2)15(18)19-6-3/h13-14,16H,4-12H2,1-3H3. The van der Waals surface area contributed by atoms with Crippen molar-refractivity contribution in [2.24, 2.45) is 5.92 Å². The van der Waals surface area contributed by atoms with Gasteiger partial charge in [-0.25, -0.2) is 0 Å². The molecular weight excluding hydrogens is 240 g/mol. The van der Waals surface area contributed by atoms with Gasteiger partial charge >= 0.3 is 5.97 Å². The van der Waals surface area contributed by atoms with Crippen LogP contribution in [0.5, 0.6) is 0 Å². The first-order valence-electron chi connectivity index (χ1n) is 7.84. The molecule has 1 atom stereocenters. The Morgan fingerprint density at radius 2 is 2.00 bits per heavy atom. The van der Waals surface area contributed by atoms with Gasteiger partial charge in [-0.2, -0.15) is 0 Å². The Kier molecular flexibility index (Phi) is 8.07. The third kappa shape index (κ3) is 5.49. The maximum Gasteiger partial charge on any atom is 0.323 e. The normalized spacial score (nSPS) is 18.5. The summed E-state index contributed by atoms with van der Waals surface area (Å²) in [5, 5.41) is 3.40. The average Bonchev–Trinajstić information content (AvgIpc) is 2.41. The minimum absolute atomic E-state index is 0.0487. The van der Waals surface area contributed by atoms with Gasteiger partial charge in [-0.3, -0.25) is 9.69 Å². The first kappa shape index (κ1) is 16.4. The van der Waals surface area contributed by atoms with Gasteiger partial charge in [0.25, 0.3) is 0 Å². The Hall–Kier alpha value is -0.610. The number of hydrogen-bond donors (Lipinski definition) is 1. The highest BCUT2D eigenvalue weighted by Gasteiger charge is 2.27. The first-order valence-corrected chi connectivity index (χ1v) is 7.84. The molecule has 1 heterocycles. The molecule has 0 aliphatic carbocycles. The van der Waals surface area contributed by atoms with Gasteiger partial charge in [0.05, 0.1) is 6.61 Å². The van der Waals surface area contributed by atoms with Crippen molar-refractivity contribution < 1.29 is 9.53 Å². The van der Waals surface area contributed by atoms with Crippen LogP contribution in [-0.2, 0) is 9.53 Å². The van der Waals surface area contributed by atoms with Crippen molar-refractivity contribution in [1.82, 2.24) is 10.2 Å². The van der Waals surface area contributed by atoms with Crippen LogP contribution in [0.15, 0.2) is 0 Å². The molecule has 19 heavy (non-hydrogen) atoms. The largest absolute Gasteiger partial charge is 0.465 e. The first-order chi connectivity index (χ1) is 9.22. The maximum atomic E-state index is 12.1. The Bertz CT molecular complexity index is 253. The van der Waals surface area contributed by atoms with E-state index < -0.39 is 0 Å². The third-order valence-electron chi connectivity index (χ3n) is 3.85. The molecule has 0 aromatic carbocycles. The van der Waals surface area contributed by atoms with E-state index in [4.69, 9.17) is 4.74 Å². The van der Waals surface area contributed by atoms with Crippen LogP contribution in [-0.4, -0.2) is 49.7 Å². The van der Waals surface area contributed by atoms with Crippen molar-refractivity contribution >= 4 is 5.97 Å². The molecule has 4 heteroatoms. The zero-order valence-corrected chi connectivity index (χ0v) is 12.8. The fraction of sp³-hybridized carbons (Fsp3) is 0.933. The summed E-state index contributed by atoms with van der Waals surface area (Å²) in [5.41, 5.74) is 0. The summed E-state index contributed by atoms with van der Waals surface area (Å²) >= 11 is 0. The molecule has 1 aliphatic heterocycles. The summed E-state index contributed by atoms with van der Waals surface area (Å²) in [5.74, 6) is 0.670. The molecule has 1 N–H and O–H groups in total. The van der Waals surface area contributed by atoms with Gasteiger partial charge in [0.15, 0.2) is 0 Å². The number of nitrogens with one attached hydrogen (secondary N) is 1. The maximum absolute atomic E-state index is 12.1. The second-order valence-corrected chi connectivity index (χ2v) is 5.36. The Labute approximate surface area is 117 Å². The molecule has 1 unspecified atom stereocenters. The van der Waals surface area contributed by atoms with Crippen LogP contribution in [0, 0.1) is 5.92 Å². The zero-order chi connectivity index (χ0) is 14.1. The van der Waals surface area contributed by atoms with E-state index in [9.17, 15) is 4.79 Å². The predicted molar refractivity (Wildman–Crippen MR) is 78.2 cm³/mol. The van der Waals surface area contributed by atoms with Gasteiger partial charge in [0, 0.05) is 6.54 Å². The topological polar surface area (TPSA) is 41.6 Å². The van der Waals surface area contributed by atoms with Crippen molar-refractivity contribution in [3.63, 3.8) is 0 Å². The van der Waals surface area contributed by atoms with Gasteiger partial charge in [-0.05, 0) is 58.2 Å². The van der Waals surface area contributed by atoms with E-state index in [0.717, 1.165) is 44.9 Å². The van der Waals surface area contributed by atoms with Crippen LogP contribution in [0.1, 0.15) is 46.5 Å². The Morgan fingerprint density at radius 3 is 2.53 bits per heavy atom. The quantitative estimate of drug-likeness (QED) is 0.685. The summed E-state index contributed by atoms with van der Waals surface area (Å²) in [4.78, 5) is 14.4. The number of piperidine rings is 1. The molecule has 4 nitrogen and oxygen atoms in total. The molecule has 1 rings (SSSR count). The minimum atomic E-state index is -0.0604. The molecule has 0 spiro atoms. The van der Waals surface area contributed by atoms with E-state index in [-0.39, 0.29) is 12.0 Å². The predicted octanol–water partition coefficient (Wildman–Crippen LogP) is 2.04. The average molecular weight is 270 g/mol. The van der Waals surface area contributed by atoms with Crippen molar-refractivity contribution in [3.8, 4) is 0 Å². The lowest BCUT2D eigenvalue weighted by Crippen LogP contribution is -2.46. The molecular formula is C15H30N2O2. The van der Waals surface area contributed by atoms with Crippen LogP contribution < -0.4 is 5.32 Å². The molecule has 0 aromatic rings. The van der Waals surface area contributed by atoms with Gasteiger partial charge in [-0.15, -0.1) is 0 Å². The number of carbonyl (C=O) groups is 1. The molecule has 0 radical (unpaired) electrons. The number of esters is 1. The van der Waals surface area contributed by atoms with E-state index in [1.54, 1.807) is 0 Å². The van der Waals surface area contributed by atoms with Gasteiger partial charge < -0.3 is 10.1 Å². The number of carbonyl (C=O) groups excluding carboxylic acids is 1. The smallest absolute Gasteiger partial charge is 0.323 e. The van der Waals surface area contributed by atoms with Crippen LogP contribution in [0.4, 0.5) is 0 Å². The highest BCUT2D eigenvalue weighted by atomic mass is 16.5. The van der Waals surface area contributed by atoms with Crippen LogP contribution in [0.3, 0.4) is 0 Å². The molecule has 0 bridgehead atoms. The summed E-state index contributed by atoms with van der Waals surface area (Å²) in [7, 11) is 0. The molecule has 0 amide bonds. The summed E-state index contributed by atoms with van der Waals surface area (Å²) in [6, 6.07) is -0.0604. The van der Waals surface area contributed by atoms with E-state index >= 15 is 0 Å². The lowest BCUT2D eigenvalue weighted by atomic mass is 9.96. The van der Waals surface area contributed by atoms with Gasteiger partial charge in [0.2, 0.25) is 0 Å². The van der Waals surface area contributed by atoms with E-state index in [0.29, 0.717) is 6.61 Å². The van der Waals surface area contributed by atoms with Crippen molar-refractivity contribution in [2.75, 3.05) is 32.8 Å². The van der Waals surface area contributed by atoms with E-state index in [2.05, 4.69) is 24.1 Å². The number of ether oxygens (including phenoxy) is 1. The fourth-order valence-electron chi connectivity index (χ4n) is 2.87. The molecule has 1 aliphatic rings. The van der Waals surface area contributed by atoms with Crippen LogP contribution >= 0.6 is 0 Å². The Morgan fingerprint density at radius 1 is 1.32 bits per heavy atom. The zero-order valence-electron chi connectivity index (χ0n) is 12.8.